The highest BCUT2D eigenvalue weighted by Crippen LogP contribution is 1.64. The summed E-state index contributed by atoms with van der Waals surface area (Å²) in [7, 11) is -4.29. The standard InChI is InChI=1S/CH2N2O3S/c2-1-3-7(4,5)6/h3H,(H,4,5,6). The summed E-state index contributed by atoms with van der Waals surface area (Å²) in [4.78, 5) is 0. The second-order valence-electron chi connectivity index (χ2n) is 0.689. The minimum Gasteiger partial charge on any atom is -0.269 e. The molecule has 0 aliphatic heterocycles. The van der Waals surface area contributed by atoms with Gasteiger partial charge < -0.3 is 0 Å². The molecule has 5 nitrogen and oxygen atoms in total. The SMILES string of the molecule is N#CNS(=O)(=O)O. The normalized spacial score (nSPS) is 9.71. The van der Waals surface area contributed by atoms with E-state index in [1.807, 2.05) is 0 Å². The molecular formula is CH2N2O3S. The summed E-state index contributed by atoms with van der Waals surface area (Å²) in [5.74, 6) is 0. The van der Waals surface area contributed by atoms with Crippen molar-refractivity contribution in [2.75, 3.05) is 0 Å². The maximum absolute atomic E-state index is 9.45. The molecule has 0 fully saturated rings. The van der Waals surface area contributed by atoms with Gasteiger partial charge in [0.2, 0.25) is 0 Å². The fraction of sp³-hybridized carbons (Fsp3) is 0. The fourth-order valence-electron chi connectivity index (χ4n) is 0.0577. The van der Waals surface area contributed by atoms with Crippen LogP contribution in [-0.4, -0.2) is 13.0 Å². The third kappa shape index (κ3) is 5.20. The Kier molecular flexibility index (Phi) is 1.57. The minimum absolute atomic E-state index is 1.02. The van der Waals surface area contributed by atoms with Crippen LogP contribution in [0.4, 0.5) is 0 Å². The van der Waals surface area contributed by atoms with Gasteiger partial charge in [0.25, 0.3) is 0 Å². The first-order valence-electron chi connectivity index (χ1n) is 1.19. The molecule has 0 atom stereocenters. The lowest BCUT2D eigenvalue weighted by Gasteiger charge is -1.82. The number of nitrogens with one attached hydrogen (secondary N) is 1. The van der Waals surface area contributed by atoms with Crippen molar-refractivity contribution in [3.63, 3.8) is 0 Å². The van der Waals surface area contributed by atoms with Gasteiger partial charge in [-0.15, -0.1) is 0 Å². The van der Waals surface area contributed by atoms with Crippen LogP contribution in [0.25, 0.3) is 0 Å². The van der Waals surface area contributed by atoms with Gasteiger partial charge in [-0.1, -0.05) is 0 Å². The molecule has 2 N–H and O–H groups in total. The Bertz CT molecular complexity index is 174. The molecule has 0 bridgehead atoms. The van der Waals surface area contributed by atoms with Crippen LogP contribution in [0, 0.1) is 11.5 Å². The summed E-state index contributed by atoms with van der Waals surface area (Å²) in [6.07, 6.45) is 1.02. The van der Waals surface area contributed by atoms with E-state index in [4.69, 9.17) is 9.81 Å². The molecule has 7 heavy (non-hydrogen) atoms. The predicted octanol–water partition coefficient (Wildman–Crippen LogP) is -1.14. The van der Waals surface area contributed by atoms with Crippen LogP contribution >= 0.6 is 0 Å². The van der Waals surface area contributed by atoms with Gasteiger partial charge >= 0.3 is 10.3 Å². The summed E-state index contributed by atoms with van der Waals surface area (Å²) in [6.45, 7) is 0. The molecule has 0 aliphatic carbocycles. The zero-order valence-corrected chi connectivity index (χ0v) is 3.94. The molecule has 40 valence electrons. The van der Waals surface area contributed by atoms with Crippen LogP contribution in [0.5, 0.6) is 0 Å². The molecule has 0 radical (unpaired) electrons. The van der Waals surface area contributed by atoms with Gasteiger partial charge in [-0.3, -0.25) is 4.55 Å². The van der Waals surface area contributed by atoms with Crippen molar-refractivity contribution < 1.29 is 13.0 Å². The first-order chi connectivity index (χ1) is 3.06. The van der Waals surface area contributed by atoms with E-state index in [1.165, 1.54) is 0 Å². The van der Waals surface area contributed by atoms with Crippen molar-refractivity contribution in [2.45, 2.75) is 0 Å². The van der Waals surface area contributed by atoms with E-state index >= 15 is 0 Å². The molecule has 6 heteroatoms. The Balaban J connectivity index is 3.92. The lowest BCUT2D eigenvalue weighted by atomic mass is 11.5. The number of nitriles is 1. The quantitative estimate of drug-likeness (QED) is 0.261. The van der Waals surface area contributed by atoms with Crippen LogP contribution in [0.3, 0.4) is 0 Å². The van der Waals surface area contributed by atoms with Crippen LogP contribution in [0.15, 0.2) is 0 Å². The molecule has 0 heterocycles. The molecule has 0 aromatic carbocycles. The van der Waals surface area contributed by atoms with Crippen molar-refractivity contribution in [1.29, 1.82) is 5.26 Å². The fourth-order valence-corrected chi connectivity index (χ4v) is 0.173. The summed E-state index contributed by atoms with van der Waals surface area (Å²) >= 11 is 0. The average molecular weight is 122 g/mol. The van der Waals surface area contributed by atoms with E-state index in [-0.39, 0.29) is 0 Å². The second kappa shape index (κ2) is 1.77. The smallest absolute Gasteiger partial charge is 0.269 e. The first-order valence-corrected chi connectivity index (χ1v) is 2.63. The van der Waals surface area contributed by atoms with E-state index in [0.717, 1.165) is 10.9 Å². The number of hydrogen-bond acceptors (Lipinski definition) is 3. The molecule has 0 spiro atoms. The van der Waals surface area contributed by atoms with E-state index in [2.05, 4.69) is 0 Å². The summed E-state index contributed by atoms with van der Waals surface area (Å²) in [5, 5.41) is 7.50. The lowest BCUT2D eigenvalue weighted by molar-refractivity contribution is 0.477. The Hall–Kier alpha value is -0.800. The van der Waals surface area contributed by atoms with Crippen molar-refractivity contribution in [1.82, 2.24) is 4.72 Å². The van der Waals surface area contributed by atoms with Gasteiger partial charge in [0, 0.05) is 0 Å². The number of rotatable bonds is 1. The Morgan fingerprint density at radius 1 is 1.71 bits per heavy atom. The monoisotopic (exact) mass is 122 g/mol. The van der Waals surface area contributed by atoms with Gasteiger partial charge in [-0.25, -0.2) is 0 Å². The zero-order chi connectivity index (χ0) is 5.91. The van der Waals surface area contributed by atoms with Gasteiger partial charge in [0.1, 0.15) is 0 Å². The lowest BCUT2D eigenvalue weighted by Crippen LogP contribution is -2.15. The van der Waals surface area contributed by atoms with E-state index in [9.17, 15) is 8.42 Å². The molecule has 0 aromatic heterocycles. The summed E-state index contributed by atoms with van der Waals surface area (Å²) in [6, 6.07) is 0. The van der Waals surface area contributed by atoms with Crippen LogP contribution in [-0.2, 0) is 10.3 Å². The molecule has 0 unspecified atom stereocenters. The Morgan fingerprint density at radius 2 is 2.14 bits per heavy atom. The van der Waals surface area contributed by atoms with Crippen molar-refractivity contribution in [3.05, 3.63) is 0 Å². The molecule has 0 saturated carbocycles. The Morgan fingerprint density at radius 3 is 2.14 bits per heavy atom. The maximum atomic E-state index is 9.45. The number of nitrogens with zero attached hydrogens (tertiary/aromatic N) is 1. The van der Waals surface area contributed by atoms with E-state index in [1.54, 1.807) is 0 Å². The van der Waals surface area contributed by atoms with Gasteiger partial charge in [-0.2, -0.15) is 18.4 Å². The molecule has 0 aromatic rings. The minimum atomic E-state index is -4.29. The summed E-state index contributed by atoms with van der Waals surface area (Å²) in [5.41, 5.74) is 0. The average Bonchev–Trinajstić information content (AvgIpc) is 1.30. The van der Waals surface area contributed by atoms with Crippen molar-refractivity contribution in [2.24, 2.45) is 0 Å². The largest absolute Gasteiger partial charge is 0.365 e. The number of hydrogen-bond donors (Lipinski definition) is 2. The van der Waals surface area contributed by atoms with Crippen LogP contribution < -0.4 is 4.72 Å². The maximum Gasteiger partial charge on any atom is 0.365 e. The van der Waals surface area contributed by atoms with Crippen LogP contribution in [0.1, 0.15) is 0 Å². The van der Waals surface area contributed by atoms with E-state index < -0.39 is 10.3 Å². The summed E-state index contributed by atoms with van der Waals surface area (Å²) < 4.78 is 27.7. The van der Waals surface area contributed by atoms with Crippen LogP contribution in [0.2, 0.25) is 0 Å². The topological polar surface area (TPSA) is 90.2 Å². The second-order valence-corrected chi connectivity index (χ2v) is 1.84. The Labute approximate surface area is 40.4 Å². The van der Waals surface area contributed by atoms with Gasteiger partial charge in [-0.05, 0) is 0 Å². The molecule has 0 rings (SSSR count). The predicted molar refractivity (Wildman–Crippen MR) is 20.3 cm³/mol. The highest BCUT2D eigenvalue weighted by atomic mass is 32.2. The highest BCUT2D eigenvalue weighted by Gasteiger charge is 1.95. The zero-order valence-electron chi connectivity index (χ0n) is 3.12. The van der Waals surface area contributed by atoms with Crippen molar-refractivity contribution >= 4 is 10.3 Å². The molecule has 0 amide bonds. The molecule has 0 saturated heterocycles. The third-order valence-corrected chi connectivity index (χ3v) is 0.524. The molecular weight excluding hydrogens is 120 g/mol. The van der Waals surface area contributed by atoms with Gasteiger partial charge in [0.05, 0.1) is 0 Å². The van der Waals surface area contributed by atoms with Crippen molar-refractivity contribution in [3.8, 4) is 6.19 Å². The highest BCUT2D eigenvalue weighted by molar-refractivity contribution is 7.83. The molecule has 0 aliphatic rings. The first kappa shape index (κ1) is 6.20. The van der Waals surface area contributed by atoms with E-state index in [0.29, 0.717) is 0 Å². The third-order valence-electron chi connectivity index (χ3n) is 0.175. The van der Waals surface area contributed by atoms with Gasteiger partial charge in [0.15, 0.2) is 6.19 Å².